The summed E-state index contributed by atoms with van der Waals surface area (Å²) in [7, 11) is 0. The van der Waals surface area contributed by atoms with Gasteiger partial charge in [0.2, 0.25) is 11.5 Å². The van der Waals surface area contributed by atoms with Gasteiger partial charge < -0.3 is 21.3 Å². The molecule has 0 bridgehead atoms. The molecule has 0 spiro atoms. The average Bonchev–Trinajstić information content (AvgIpc) is 3.02. The van der Waals surface area contributed by atoms with Crippen LogP contribution in [-0.2, 0) is 15.8 Å². The van der Waals surface area contributed by atoms with E-state index >= 15 is 0 Å². The molecular formula is C18H15ClF5N3O3. The number of nitrogens with zero attached hydrogens (tertiary/aromatic N) is 1. The monoisotopic (exact) mass is 451 g/mol. The second kappa shape index (κ2) is 7.03. The fourth-order valence-electron chi connectivity index (χ4n) is 3.06. The Morgan fingerprint density at radius 2 is 2.00 bits per heavy atom. The van der Waals surface area contributed by atoms with E-state index in [1.807, 2.05) is 0 Å². The fourth-order valence-corrected chi connectivity index (χ4v) is 3.30. The number of benzene rings is 1. The topological polar surface area (TPSA) is 111 Å². The summed E-state index contributed by atoms with van der Waals surface area (Å²) in [5.74, 6) is -3.89. The van der Waals surface area contributed by atoms with Gasteiger partial charge in [0.25, 0.3) is 0 Å². The van der Waals surface area contributed by atoms with Crippen LogP contribution in [0.15, 0.2) is 18.2 Å². The molecule has 1 aliphatic heterocycles. The summed E-state index contributed by atoms with van der Waals surface area (Å²) in [6.45, 7) is -0.345. The van der Waals surface area contributed by atoms with E-state index in [0.717, 1.165) is 12.1 Å². The lowest BCUT2D eigenvalue weighted by Crippen LogP contribution is -2.49. The first-order valence-corrected chi connectivity index (χ1v) is 8.77. The van der Waals surface area contributed by atoms with E-state index in [9.17, 15) is 31.9 Å². The maximum Gasteiger partial charge on any atom is 0.424 e. The number of hydrogen-bond acceptors (Lipinski definition) is 5. The highest BCUT2D eigenvalue weighted by atomic mass is 35.5. The molecule has 0 saturated carbocycles. The summed E-state index contributed by atoms with van der Waals surface area (Å²) in [4.78, 5) is 15.8. The van der Waals surface area contributed by atoms with E-state index in [0.29, 0.717) is 6.07 Å². The second-order valence-corrected chi connectivity index (χ2v) is 7.38. The molecule has 2 atom stereocenters. The van der Waals surface area contributed by atoms with Gasteiger partial charge in [-0.2, -0.15) is 13.2 Å². The van der Waals surface area contributed by atoms with E-state index < -0.39 is 57.7 Å². The Morgan fingerprint density at radius 1 is 1.37 bits per heavy atom. The molecule has 5 N–H and O–H groups in total. The van der Waals surface area contributed by atoms with Crippen LogP contribution in [0.4, 0.5) is 22.0 Å². The lowest BCUT2D eigenvalue weighted by molar-refractivity contribution is -0.263. The predicted octanol–water partition coefficient (Wildman–Crippen LogP) is 2.52. The van der Waals surface area contributed by atoms with Crippen LogP contribution in [0, 0.1) is 11.6 Å². The van der Waals surface area contributed by atoms with Crippen LogP contribution < -0.4 is 16.2 Å². The molecule has 0 radical (unpaired) electrons. The Morgan fingerprint density at radius 3 is 2.53 bits per heavy atom. The largest absolute Gasteiger partial charge is 0.489 e. The van der Waals surface area contributed by atoms with Gasteiger partial charge >= 0.3 is 6.18 Å². The lowest BCUT2D eigenvalue weighted by atomic mass is 9.82. The third-order valence-electron chi connectivity index (χ3n) is 5.09. The normalized spacial score (nSPS) is 20.4. The zero-order valence-corrected chi connectivity index (χ0v) is 16.0. The van der Waals surface area contributed by atoms with Crippen LogP contribution in [0.3, 0.4) is 0 Å². The van der Waals surface area contributed by atoms with Crippen LogP contribution in [0.1, 0.15) is 18.2 Å². The number of pyridine rings is 1. The number of nitrogens with two attached hydrogens (primary N) is 2. The highest BCUT2D eigenvalue weighted by Gasteiger charge is 2.56. The van der Waals surface area contributed by atoms with Crippen molar-refractivity contribution in [3.8, 4) is 17.0 Å². The molecular weight excluding hydrogens is 437 g/mol. The summed E-state index contributed by atoms with van der Waals surface area (Å²) >= 11 is 5.85. The summed E-state index contributed by atoms with van der Waals surface area (Å²) in [5, 5.41) is 9.49. The maximum absolute atomic E-state index is 14.0. The van der Waals surface area contributed by atoms with E-state index in [-0.39, 0.29) is 23.5 Å². The summed E-state index contributed by atoms with van der Waals surface area (Å²) < 4.78 is 73.7. The van der Waals surface area contributed by atoms with Crippen molar-refractivity contribution in [3.05, 3.63) is 46.1 Å². The molecule has 1 amide bonds. The molecule has 2 aromatic rings. The third-order valence-corrected chi connectivity index (χ3v) is 5.46. The second-order valence-electron chi connectivity index (χ2n) is 7.00. The molecule has 0 fully saturated rings. The van der Waals surface area contributed by atoms with Gasteiger partial charge in [0.05, 0.1) is 10.7 Å². The number of aromatic nitrogens is 1. The fraction of sp³-hybridized carbons (Fsp3) is 0.333. The van der Waals surface area contributed by atoms with Crippen LogP contribution in [0.2, 0.25) is 5.02 Å². The Bertz CT molecular complexity index is 1050. The summed E-state index contributed by atoms with van der Waals surface area (Å²) in [6, 6.07) is 2.48. The van der Waals surface area contributed by atoms with Crippen molar-refractivity contribution in [1.29, 1.82) is 0 Å². The molecule has 30 heavy (non-hydrogen) atoms. The van der Waals surface area contributed by atoms with Crippen molar-refractivity contribution in [2.24, 2.45) is 11.5 Å². The highest BCUT2D eigenvalue weighted by molar-refractivity contribution is 6.33. The lowest BCUT2D eigenvalue weighted by Gasteiger charge is -2.30. The van der Waals surface area contributed by atoms with Gasteiger partial charge in [-0.3, -0.25) is 4.79 Å². The standard InChI is InChI=1S/C18H15ClF5N3O3/c1-16(15(26)28)6-30-14-8(16)4-10(17(29,5-25)18(22,23)24)27-13(14)7-2-3-9(20)12(21)11(7)19/h2-4,29H,5-6,25H2,1H3,(H2,26,28)/t16-,17?/m0/s1. The number of halogens is 6. The number of amides is 1. The van der Waals surface area contributed by atoms with Crippen molar-refractivity contribution in [1.82, 2.24) is 4.98 Å². The molecule has 1 aromatic heterocycles. The Balaban J connectivity index is 2.41. The number of aliphatic hydroxyl groups is 1. The first kappa shape index (κ1) is 22.2. The molecule has 0 saturated heterocycles. The number of primary amides is 1. The molecule has 6 nitrogen and oxygen atoms in total. The summed E-state index contributed by atoms with van der Waals surface area (Å²) in [6.07, 6.45) is -5.25. The zero-order valence-electron chi connectivity index (χ0n) is 15.3. The number of fused-ring (bicyclic) bond motifs is 1. The van der Waals surface area contributed by atoms with Crippen molar-refractivity contribution in [2.45, 2.75) is 24.1 Å². The van der Waals surface area contributed by atoms with Crippen LogP contribution in [0.5, 0.6) is 5.75 Å². The number of carbonyl (C=O) groups excluding carboxylic acids is 1. The molecule has 0 aliphatic carbocycles. The first-order valence-electron chi connectivity index (χ1n) is 8.39. The Kier molecular flexibility index (Phi) is 5.20. The maximum atomic E-state index is 14.0. The molecule has 3 rings (SSSR count). The van der Waals surface area contributed by atoms with E-state index in [1.165, 1.54) is 6.92 Å². The van der Waals surface area contributed by atoms with Gasteiger partial charge in [-0.1, -0.05) is 11.6 Å². The van der Waals surface area contributed by atoms with E-state index in [2.05, 4.69) is 4.98 Å². The van der Waals surface area contributed by atoms with Crippen molar-refractivity contribution < 1.29 is 36.6 Å². The Labute approximate surface area is 171 Å². The first-order chi connectivity index (χ1) is 13.8. The van der Waals surface area contributed by atoms with Gasteiger partial charge in [0.15, 0.2) is 11.6 Å². The predicted molar refractivity (Wildman–Crippen MR) is 95.6 cm³/mol. The van der Waals surface area contributed by atoms with Gasteiger partial charge in [-0.25, -0.2) is 13.8 Å². The number of alkyl halides is 3. The summed E-state index contributed by atoms with van der Waals surface area (Å²) in [5.41, 5.74) is 3.53. The molecule has 1 unspecified atom stereocenters. The Hall–Kier alpha value is -2.50. The average molecular weight is 452 g/mol. The smallest absolute Gasteiger partial charge is 0.424 e. The van der Waals surface area contributed by atoms with E-state index in [4.69, 9.17) is 27.8 Å². The minimum Gasteiger partial charge on any atom is -0.489 e. The SMILES string of the molecule is C[C@]1(C(N)=O)COc2c1cc(C(O)(CN)C(F)(F)F)nc2-c1ccc(F)c(F)c1Cl. The van der Waals surface area contributed by atoms with Crippen molar-refractivity contribution >= 4 is 17.5 Å². The quantitative estimate of drug-likeness (QED) is 0.488. The molecule has 1 aromatic carbocycles. The molecule has 162 valence electrons. The zero-order chi connectivity index (χ0) is 22.6. The minimum atomic E-state index is -5.25. The number of hydrogen-bond donors (Lipinski definition) is 3. The van der Waals surface area contributed by atoms with Crippen LogP contribution in [-0.4, -0.2) is 35.3 Å². The number of carbonyl (C=O) groups is 1. The van der Waals surface area contributed by atoms with Gasteiger partial charge in [-0.05, 0) is 25.1 Å². The number of ether oxygens (including phenoxy) is 1. The van der Waals surface area contributed by atoms with Gasteiger partial charge in [-0.15, -0.1) is 0 Å². The molecule has 2 heterocycles. The van der Waals surface area contributed by atoms with Crippen molar-refractivity contribution in [3.63, 3.8) is 0 Å². The van der Waals surface area contributed by atoms with Gasteiger partial charge in [0.1, 0.15) is 23.5 Å². The molecule has 12 heteroatoms. The minimum absolute atomic E-state index is 0.132. The van der Waals surface area contributed by atoms with E-state index in [1.54, 1.807) is 0 Å². The van der Waals surface area contributed by atoms with Crippen LogP contribution in [0.25, 0.3) is 11.3 Å². The van der Waals surface area contributed by atoms with Crippen LogP contribution >= 0.6 is 11.6 Å². The highest BCUT2D eigenvalue weighted by Crippen LogP contribution is 2.48. The third kappa shape index (κ3) is 3.08. The van der Waals surface area contributed by atoms with Crippen molar-refractivity contribution in [2.75, 3.05) is 13.2 Å². The molecule has 1 aliphatic rings. The van der Waals surface area contributed by atoms with Gasteiger partial charge in [0, 0.05) is 17.7 Å². The number of rotatable bonds is 4.